The summed E-state index contributed by atoms with van der Waals surface area (Å²) >= 11 is 0. The molecule has 11 nitrogen and oxygen atoms in total. The molecule has 0 fully saturated rings. The summed E-state index contributed by atoms with van der Waals surface area (Å²) in [6, 6.07) is 18.7. The van der Waals surface area contributed by atoms with Gasteiger partial charge >= 0.3 is 17.9 Å². The smallest absolute Gasteiger partial charge is 0.340 e. The van der Waals surface area contributed by atoms with Crippen LogP contribution in [0.2, 0.25) is 0 Å². The zero-order valence-corrected chi connectivity index (χ0v) is 28.1. The predicted molar refractivity (Wildman–Crippen MR) is 173 cm³/mol. The van der Waals surface area contributed by atoms with Gasteiger partial charge in [-0.2, -0.15) is 0 Å². The summed E-state index contributed by atoms with van der Waals surface area (Å²) in [4.78, 5) is 43.0. The van der Waals surface area contributed by atoms with Crippen LogP contribution in [0.25, 0.3) is 0 Å². The predicted octanol–water partition coefficient (Wildman–Crippen LogP) is 6.03. The van der Waals surface area contributed by atoms with Crippen LogP contribution >= 0.6 is 0 Å². The maximum Gasteiger partial charge on any atom is 0.340 e. The number of hydrogen-bond acceptors (Lipinski definition) is 10. The largest absolute Gasteiger partial charge is 0.456 e. The lowest BCUT2D eigenvalue weighted by molar-refractivity contribution is -0.143. The molecule has 2 aliphatic heterocycles. The first kappa shape index (κ1) is 32.9. The molecule has 3 heterocycles. The second-order valence-corrected chi connectivity index (χ2v) is 15.4. The van der Waals surface area contributed by atoms with Crippen LogP contribution in [0.3, 0.4) is 0 Å². The second-order valence-electron chi connectivity index (χ2n) is 13.6. The molecule has 0 atom stereocenters. The Bertz CT molecular complexity index is 2000. The van der Waals surface area contributed by atoms with E-state index in [1.807, 2.05) is 0 Å². The molecule has 2 aliphatic rings. The Labute approximate surface area is 278 Å². The molecule has 0 radical (unpaired) electrons. The van der Waals surface area contributed by atoms with E-state index in [0.717, 1.165) is 0 Å². The molecule has 0 amide bonds. The van der Waals surface area contributed by atoms with Crippen LogP contribution in [-0.2, 0) is 36.5 Å². The lowest BCUT2D eigenvalue weighted by Crippen LogP contribution is -2.33. The third kappa shape index (κ3) is 5.93. The van der Waals surface area contributed by atoms with Crippen LogP contribution < -0.4 is 18.9 Å². The lowest BCUT2D eigenvalue weighted by Gasteiger charge is -2.37. The lowest BCUT2D eigenvalue weighted by atomic mass is 9.77. The van der Waals surface area contributed by atoms with Crippen molar-refractivity contribution in [2.75, 3.05) is 0 Å². The van der Waals surface area contributed by atoms with Crippen LogP contribution in [0.4, 0.5) is 0 Å². The number of aromatic nitrogens is 1. The first-order valence-corrected chi connectivity index (χ1v) is 16.7. The molecule has 0 saturated heterocycles. The van der Waals surface area contributed by atoms with E-state index in [2.05, 4.69) is 9.71 Å². The Hall–Kier alpha value is -5.07. The summed E-state index contributed by atoms with van der Waals surface area (Å²) in [6.07, 6.45) is 1.57. The fraction of sp³-hybridized carbons (Fsp3) is 0.278. The van der Waals surface area contributed by atoms with Gasteiger partial charge in [0.1, 0.15) is 23.0 Å². The van der Waals surface area contributed by atoms with E-state index in [-0.39, 0.29) is 45.6 Å². The molecular formula is C36H34N2O9S. The molecule has 1 aromatic heterocycles. The molecule has 48 heavy (non-hydrogen) atoms. The number of fused-ring (bicyclic) bond motifs is 6. The Morgan fingerprint density at radius 2 is 1.38 bits per heavy atom. The van der Waals surface area contributed by atoms with Gasteiger partial charge < -0.3 is 18.9 Å². The van der Waals surface area contributed by atoms with Gasteiger partial charge in [-0.3, -0.25) is 14.6 Å². The summed E-state index contributed by atoms with van der Waals surface area (Å²) in [5, 5.41) is 0. The number of pyridine rings is 1. The fourth-order valence-corrected chi connectivity index (χ4v) is 6.26. The topological polar surface area (TPSA) is 147 Å². The minimum Gasteiger partial charge on any atom is -0.456 e. The number of sulfonamides is 1. The zero-order chi connectivity index (χ0) is 34.6. The quantitative estimate of drug-likeness (QED) is 0.190. The highest BCUT2D eigenvalue weighted by Crippen LogP contribution is 2.57. The number of esters is 3. The van der Waals surface area contributed by atoms with Gasteiger partial charge in [0.15, 0.2) is 5.60 Å². The van der Waals surface area contributed by atoms with E-state index in [4.69, 9.17) is 18.9 Å². The molecule has 0 saturated carbocycles. The Morgan fingerprint density at radius 1 is 0.792 bits per heavy atom. The maximum absolute atomic E-state index is 13.5. The van der Waals surface area contributed by atoms with Crippen LogP contribution in [0, 0.1) is 10.8 Å². The standard InChI is InChI=1S/C36H34N2O9S/c1-34(2,3)32(40)44-22-10-14-26-29(17-22)46-30-18-23(45-33(41)35(4,5)6)11-15-27(30)36(26)28-19-24(12-13-25(28)31(39)47-36)48(42,43)38-20-21-9-7-8-16-37-21/h7-19,38H,20H2,1-6H3. The molecular weight excluding hydrogens is 636 g/mol. The number of carbonyl (C=O) groups is 3. The third-order valence-corrected chi connectivity index (χ3v) is 9.25. The summed E-state index contributed by atoms with van der Waals surface area (Å²) in [7, 11) is -4.08. The SMILES string of the molecule is CC(C)(C)C(=O)Oc1ccc2c(c1)Oc1cc(OC(=O)C(C)(C)C)ccc1C21OC(=O)c2ccc(S(=O)(=O)NCc3ccccn3)cc21. The molecule has 248 valence electrons. The van der Waals surface area contributed by atoms with Crippen molar-refractivity contribution in [1.29, 1.82) is 0 Å². The van der Waals surface area contributed by atoms with Crippen molar-refractivity contribution in [1.82, 2.24) is 9.71 Å². The first-order chi connectivity index (χ1) is 22.5. The Balaban J connectivity index is 1.49. The molecule has 3 aromatic carbocycles. The van der Waals surface area contributed by atoms with Crippen LogP contribution in [0.5, 0.6) is 23.0 Å². The second kappa shape index (κ2) is 11.6. The van der Waals surface area contributed by atoms with Crippen molar-refractivity contribution in [3.63, 3.8) is 0 Å². The van der Waals surface area contributed by atoms with Gasteiger partial charge in [0.25, 0.3) is 0 Å². The number of ether oxygens (including phenoxy) is 4. The number of benzene rings is 3. The fourth-order valence-electron chi connectivity index (χ4n) is 5.23. The zero-order valence-electron chi connectivity index (χ0n) is 27.2. The minimum absolute atomic E-state index is 0.0491. The van der Waals surface area contributed by atoms with Gasteiger partial charge in [-0.05, 0) is 96.1 Å². The molecule has 12 heteroatoms. The summed E-state index contributed by atoms with van der Waals surface area (Å²) < 4.78 is 53.4. The molecule has 1 spiro atoms. The summed E-state index contributed by atoms with van der Waals surface area (Å²) in [6.45, 7) is 10.3. The highest BCUT2D eigenvalue weighted by Gasteiger charge is 2.54. The molecule has 0 bridgehead atoms. The first-order valence-electron chi connectivity index (χ1n) is 15.2. The number of hydrogen-bond donors (Lipinski definition) is 1. The number of rotatable bonds is 6. The van der Waals surface area contributed by atoms with Gasteiger partial charge in [0.2, 0.25) is 10.0 Å². The van der Waals surface area contributed by atoms with E-state index >= 15 is 0 Å². The van der Waals surface area contributed by atoms with E-state index in [1.165, 1.54) is 30.3 Å². The van der Waals surface area contributed by atoms with Crippen LogP contribution in [0.15, 0.2) is 83.9 Å². The highest BCUT2D eigenvalue weighted by atomic mass is 32.2. The van der Waals surface area contributed by atoms with E-state index in [1.54, 1.807) is 90.2 Å². The van der Waals surface area contributed by atoms with E-state index in [0.29, 0.717) is 16.8 Å². The van der Waals surface area contributed by atoms with Gasteiger partial charge in [0, 0.05) is 35.0 Å². The van der Waals surface area contributed by atoms with Crippen molar-refractivity contribution in [2.45, 2.75) is 58.6 Å². The number of nitrogens with zero attached hydrogens (tertiary/aromatic N) is 1. The molecule has 1 N–H and O–H groups in total. The molecule has 6 rings (SSSR count). The minimum atomic E-state index is -4.08. The van der Waals surface area contributed by atoms with E-state index < -0.39 is 44.4 Å². The van der Waals surface area contributed by atoms with Gasteiger partial charge in [0.05, 0.1) is 33.5 Å². The average Bonchev–Trinajstić information content (AvgIpc) is 3.31. The summed E-state index contributed by atoms with van der Waals surface area (Å²) in [5.74, 6) is -0.901. The highest BCUT2D eigenvalue weighted by molar-refractivity contribution is 7.89. The number of carbonyl (C=O) groups excluding carboxylic acids is 3. The monoisotopic (exact) mass is 670 g/mol. The summed E-state index contributed by atoms with van der Waals surface area (Å²) in [5.41, 5.74) is -1.56. The molecule has 0 unspecified atom stereocenters. The normalized spacial score (nSPS) is 14.7. The van der Waals surface area contributed by atoms with Crippen molar-refractivity contribution in [3.05, 3.63) is 107 Å². The average molecular weight is 671 g/mol. The Morgan fingerprint density at radius 3 is 1.90 bits per heavy atom. The van der Waals surface area contributed by atoms with Crippen LogP contribution in [-0.4, -0.2) is 31.3 Å². The van der Waals surface area contributed by atoms with Gasteiger partial charge in [-0.25, -0.2) is 17.9 Å². The van der Waals surface area contributed by atoms with Gasteiger partial charge in [-0.1, -0.05) is 6.07 Å². The van der Waals surface area contributed by atoms with Crippen molar-refractivity contribution < 1.29 is 41.7 Å². The van der Waals surface area contributed by atoms with Gasteiger partial charge in [-0.15, -0.1) is 0 Å². The Kier molecular flexibility index (Phi) is 7.92. The van der Waals surface area contributed by atoms with Crippen molar-refractivity contribution in [3.8, 4) is 23.0 Å². The van der Waals surface area contributed by atoms with Crippen LogP contribution in [0.1, 0.15) is 74.3 Å². The van der Waals surface area contributed by atoms with Crippen molar-refractivity contribution >= 4 is 27.9 Å². The molecule has 4 aromatic rings. The maximum atomic E-state index is 13.5. The van der Waals surface area contributed by atoms with Crippen molar-refractivity contribution in [2.24, 2.45) is 10.8 Å². The number of nitrogens with one attached hydrogen (secondary N) is 1. The molecule has 0 aliphatic carbocycles. The third-order valence-electron chi connectivity index (χ3n) is 7.85. The van der Waals surface area contributed by atoms with E-state index in [9.17, 15) is 22.8 Å².